The van der Waals surface area contributed by atoms with Crippen LogP contribution in [0, 0.1) is 5.92 Å². The molecule has 1 amide bonds. The summed E-state index contributed by atoms with van der Waals surface area (Å²) in [7, 11) is 0. The number of carbonyl (C=O) groups is 1. The summed E-state index contributed by atoms with van der Waals surface area (Å²) in [6.45, 7) is 6.25. The van der Waals surface area contributed by atoms with E-state index in [4.69, 9.17) is 0 Å². The lowest BCUT2D eigenvalue weighted by Crippen LogP contribution is -2.48. The minimum absolute atomic E-state index is 0.00852. The second-order valence-corrected chi connectivity index (χ2v) is 5.66. The zero-order valence-electron chi connectivity index (χ0n) is 12.2. The summed E-state index contributed by atoms with van der Waals surface area (Å²) in [4.78, 5) is 16.5. The van der Waals surface area contributed by atoms with Crippen LogP contribution in [-0.2, 0) is 4.79 Å². The molecule has 20 heavy (non-hydrogen) atoms. The molecule has 0 bridgehead atoms. The summed E-state index contributed by atoms with van der Waals surface area (Å²) in [6, 6.07) is 3.66. The third kappa shape index (κ3) is 3.75. The van der Waals surface area contributed by atoms with Gasteiger partial charge in [0.05, 0.1) is 6.04 Å². The molecule has 0 aliphatic carbocycles. The van der Waals surface area contributed by atoms with Crippen LogP contribution in [0.5, 0.6) is 0 Å². The Morgan fingerprint density at radius 3 is 2.80 bits per heavy atom. The first-order chi connectivity index (χ1) is 9.58. The maximum atomic E-state index is 12.3. The predicted octanol–water partition coefficient (Wildman–Crippen LogP) is 0.655. The van der Waals surface area contributed by atoms with E-state index < -0.39 is 0 Å². The number of rotatable bonds is 5. The van der Waals surface area contributed by atoms with Crippen molar-refractivity contribution in [3.8, 4) is 0 Å². The minimum atomic E-state index is -0.277. The molecule has 4 N–H and O–H groups in total. The third-order valence-electron chi connectivity index (χ3n) is 3.42. The average Bonchev–Trinajstić information content (AvgIpc) is 2.85. The molecule has 0 spiro atoms. The van der Waals surface area contributed by atoms with Gasteiger partial charge in [0.1, 0.15) is 6.04 Å². The first-order valence-electron chi connectivity index (χ1n) is 7.04. The highest BCUT2D eigenvalue weighted by atomic mass is 16.2. The SMILES string of the molecule is CC(C)CC(NC(=O)C1NNNC1C)c1cccnc1. The first kappa shape index (κ1) is 14.9. The predicted molar refractivity (Wildman–Crippen MR) is 77.2 cm³/mol. The lowest BCUT2D eigenvalue weighted by atomic mass is 9.97. The smallest absolute Gasteiger partial charge is 0.240 e. The quantitative estimate of drug-likeness (QED) is 0.636. The van der Waals surface area contributed by atoms with Gasteiger partial charge in [-0.25, -0.2) is 10.9 Å². The summed E-state index contributed by atoms with van der Waals surface area (Å²) >= 11 is 0. The van der Waals surface area contributed by atoms with Crippen LogP contribution in [0.4, 0.5) is 0 Å². The van der Waals surface area contributed by atoms with Gasteiger partial charge in [0.25, 0.3) is 0 Å². The van der Waals surface area contributed by atoms with Gasteiger partial charge >= 0.3 is 0 Å². The highest BCUT2D eigenvalue weighted by Gasteiger charge is 2.30. The monoisotopic (exact) mass is 277 g/mol. The maximum absolute atomic E-state index is 12.3. The van der Waals surface area contributed by atoms with Gasteiger partial charge in [-0.05, 0) is 30.9 Å². The van der Waals surface area contributed by atoms with E-state index in [1.54, 1.807) is 6.20 Å². The largest absolute Gasteiger partial charge is 0.348 e. The van der Waals surface area contributed by atoms with Crippen molar-refractivity contribution in [3.05, 3.63) is 30.1 Å². The number of amides is 1. The molecule has 1 saturated heterocycles. The zero-order chi connectivity index (χ0) is 14.5. The number of pyridine rings is 1. The fraction of sp³-hybridized carbons (Fsp3) is 0.571. The molecule has 1 aliphatic heterocycles. The third-order valence-corrected chi connectivity index (χ3v) is 3.42. The van der Waals surface area contributed by atoms with E-state index in [2.05, 4.69) is 40.5 Å². The fourth-order valence-corrected chi connectivity index (χ4v) is 2.33. The summed E-state index contributed by atoms with van der Waals surface area (Å²) in [5.74, 6) is 0.482. The van der Waals surface area contributed by atoms with Crippen LogP contribution in [0.3, 0.4) is 0 Å². The molecule has 110 valence electrons. The van der Waals surface area contributed by atoms with Gasteiger partial charge in [-0.1, -0.05) is 19.9 Å². The minimum Gasteiger partial charge on any atom is -0.348 e. The van der Waals surface area contributed by atoms with Crippen molar-refractivity contribution in [2.75, 3.05) is 0 Å². The number of carbonyl (C=O) groups excluding carboxylic acids is 1. The Morgan fingerprint density at radius 2 is 2.25 bits per heavy atom. The molecule has 0 radical (unpaired) electrons. The topological polar surface area (TPSA) is 78.1 Å². The van der Waals surface area contributed by atoms with Crippen molar-refractivity contribution in [1.29, 1.82) is 0 Å². The summed E-state index contributed by atoms with van der Waals surface area (Å²) in [6.07, 6.45) is 4.45. The summed E-state index contributed by atoms with van der Waals surface area (Å²) in [5, 5.41) is 3.12. The van der Waals surface area contributed by atoms with E-state index in [0.717, 1.165) is 12.0 Å². The average molecular weight is 277 g/mol. The van der Waals surface area contributed by atoms with Crippen LogP contribution in [0.1, 0.15) is 38.8 Å². The van der Waals surface area contributed by atoms with Gasteiger partial charge in [-0.2, -0.15) is 5.53 Å². The maximum Gasteiger partial charge on any atom is 0.240 e. The molecule has 1 fully saturated rings. The van der Waals surface area contributed by atoms with Gasteiger partial charge in [0, 0.05) is 18.4 Å². The molecule has 2 rings (SSSR count). The molecule has 1 aromatic rings. The molecule has 1 aliphatic rings. The molecule has 6 nitrogen and oxygen atoms in total. The molecule has 3 unspecified atom stereocenters. The van der Waals surface area contributed by atoms with Gasteiger partial charge < -0.3 is 5.32 Å². The summed E-state index contributed by atoms with van der Waals surface area (Å²) in [5.41, 5.74) is 9.72. The second-order valence-electron chi connectivity index (χ2n) is 5.66. The molecule has 1 aromatic heterocycles. The molecular weight excluding hydrogens is 254 g/mol. The van der Waals surface area contributed by atoms with E-state index in [-0.39, 0.29) is 24.0 Å². The Morgan fingerprint density at radius 1 is 1.45 bits per heavy atom. The molecule has 6 heteroatoms. The fourth-order valence-electron chi connectivity index (χ4n) is 2.33. The van der Waals surface area contributed by atoms with E-state index in [9.17, 15) is 4.79 Å². The Kier molecular flexibility index (Phi) is 5.05. The molecule has 0 saturated carbocycles. The molecular formula is C14H23N5O. The Labute approximate surface area is 119 Å². The van der Waals surface area contributed by atoms with E-state index in [1.807, 2.05) is 25.3 Å². The van der Waals surface area contributed by atoms with Crippen molar-refractivity contribution < 1.29 is 4.79 Å². The van der Waals surface area contributed by atoms with Crippen LogP contribution in [0.2, 0.25) is 0 Å². The second kappa shape index (κ2) is 6.78. The Balaban J connectivity index is 2.06. The lowest BCUT2D eigenvalue weighted by Gasteiger charge is -2.23. The van der Waals surface area contributed by atoms with E-state index in [1.165, 1.54) is 0 Å². The van der Waals surface area contributed by atoms with Crippen molar-refractivity contribution in [2.24, 2.45) is 5.92 Å². The molecule has 3 atom stereocenters. The van der Waals surface area contributed by atoms with Crippen LogP contribution < -0.4 is 21.7 Å². The Bertz CT molecular complexity index is 436. The number of hydrazine groups is 2. The van der Waals surface area contributed by atoms with Crippen LogP contribution >= 0.6 is 0 Å². The van der Waals surface area contributed by atoms with Crippen molar-refractivity contribution >= 4 is 5.91 Å². The molecule has 2 heterocycles. The van der Waals surface area contributed by atoms with Crippen molar-refractivity contribution in [2.45, 2.75) is 45.3 Å². The lowest BCUT2D eigenvalue weighted by molar-refractivity contribution is -0.124. The van der Waals surface area contributed by atoms with Crippen LogP contribution in [0.25, 0.3) is 0 Å². The number of hydrogen-bond acceptors (Lipinski definition) is 5. The number of aromatic nitrogens is 1. The Hall–Kier alpha value is -1.50. The first-order valence-corrected chi connectivity index (χ1v) is 7.04. The number of hydrogen-bond donors (Lipinski definition) is 4. The van der Waals surface area contributed by atoms with E-state index >= 15 is 0 Å². The normalized spacial score (nSPS) is 23.8. The van der Waals surface area contributed by atoms with Crippen molar-refractivity contribution in [1.82, 2.24) is 26.7 Å². The number of nitrogens with zero attached hydrogens (tertiary/aromatic N) is 1. The molecule has 0 aromatic carbocycles. The standard InChI is InChI=1S/C14H23N5O/c1-9(2)7-12(11-5-4-6-15-8-11)16-14(20)13-10(3)17-19-18-13/h4-6,8-10,12-13,17-19H,7H2,1-3H3,(H,16,20). The van der Waals surface area contributed by atoms with Gasteiger partial charge in [0.15, 0.2) is 0 Å². The van der Waals surface area contributed by atoms with Crippen LogP contribution in [0.15, 0.2) is 24.5 Å². The highest BCUT2D eigenvalue weighted by Crippen LogP contribution is 2.20. The van der Waals surface area contributed by atoms with Crippen LogP contribution in [-0.4, -0.2) is 23.0 Å². The van der Waals surface area contributed by atoms with Gasteiger partial charge in [0.2, 0.25) is 5.91 Å². The number of nitrogens with one attached hydrogen (secondary N) is 4. The van der Waals surface area contributed by atoms with Crippen molar-refractivity contribution in [3.63, 3.8) is 0 Å². The summed E-state index contributed by atoms with van der Waals surface area (Å²) < 4.78 is 0. The highest BCUT2D eigenvalue weighted by molar-refractivity contribution is 5.83. The van der Waals surface area contributed by atoms with Gasteiger partial charge in [-0.3, -0.25) is 9.78 Å². The van der Waals surface area contributed by atoms with Gasteiger partial charge in [-0.15, -0.1) is 0 Å². The van der Waals surface area contributed by atoms with E-state index in [0.29, 0.717) is 5.92 Å². The zero-order valence-corrected chi connectivity index (χ0v) is 12.2.